The maximum Gasteiger partial charge on any atom is 0.258 e. The SMILES string of the molecule is O=C(c1c(F)cccc1Cl)N1CCCC(c2nnc3n2CCCCC3)C1. The first-order chi connectivity index (χ1) is 12.6. The lowest BCUT2D eigenvalue weighted by molar-refractivity contribution is 0.0698. The fraction of sp³-hybridized carbons (Fsp3) is 0.526. The van der Waals surface area contributed by atoms with Gasteiger partial charge >= 0.3 is 0 Å². The Hall–Kier alpha value is -1.95. The summed E-state index contributed by atoms with van der Waals surface area (Å²) >= 11 is 6.08. The monoisotopic (exact) mass is 376 g/mol. The minimum atomic E-state index is -0.569. The van der Waals surface area contributed by atoms with Crippen LogP contribution in [0.2, 0.25) is 5.02 Å². The number of amides is 1. The van der Waals surface area contributed by atoms with E-state index in [9.17, 15) is 9.18 Å². The summed E-state index contributed by atoms with van der Waals surface area (Å²) in [6, 6.07) is 4.34. The van der Waals surface area contributed by atoms with Crippen LogP contribution in [0, 0.1) is 5.82 Å². The first-order valence-corrected chi connectivity index (χ1v) is 9.68. The predicted octanol–water partition coefficient (Wildman–Crippen LogP) is 3.82. The van der Waals surface area contributed by atoms with E-state index in [1.54, 1.807) is 11.0 Å². The van der Waals surface area contributed by atoms with Crippen LogP contribution in [0.4, 0.5) is 4.39 Å². The van der Waals surface area contributed by atoms with Crippen molar-refractivity contribution in [1.29, 1.82) is 0 Å². The van der Waals surface area contributed by atoms with E-state index in [4.69, 9.17) is 11.6 Å². The van der Waals surface area contributed by atoms with Crippen LogP contribution >= 0.6 is 11.6 Å². The molecule has 1 aromatic heterocycles. The van der Waals surface area contributed by atoms with E-state index in [0.29, 0.717) is 13.1 Å². The quantitative estimate of drug-likeness (QED) is 0.800. The van der Waals surface area contributed by atoms with E-state index >= 15 is 0 Å². The average Bonchev–Trinajstić information content (AvgIpc) is 2.90. The van der Waals surface area contributed by atoms with Gasteiger partial charge in [0.15, 0.2) is 0 Å². The number of likely N-dealkylation sites (tertiary alicyclic amines) is 1. The molecule has 0 radical (unpaired) electrons. The second-order valence-corrected chi connectivity index (χ2v) is 7.53. The number of aromatic nitrogens is 3. The Morgan fingerprint density at radius 3 is 2.88 bits per heavy atom. The van der Waals surface area contributed by atoms with Crippen LogP contribution in [0.1, 0.15) is 60.0 Å². The van der Waals surface area contributed by atoms with Gasteiger partial charge < -0.3 is 9.47 Å². The Bertz CT molecular complexity index is 802. The molecular weight excluding hydrogens is 355 g/mol. The summed E-state index contributed by atoms with van der Waals surface area (Å²) in [7, 11) is 0. The van der Waals surface area contributed by atoms with Crippen LogP contribution in [0.5, 0.6) is 0 Å². The maximum atomic E-state index is 14.1. The topological polar surface area (TPSA) is 51.0 Å². The number of rotatable bonds is 2. The first-order valence-electron chi connectivity index (χ1n) is 9.30. The lowest BCUT2D eigenvalue weighted by Gasteiger charge is -2.32. The second-order valence-electron chi connectivity index (χ2n) is 7.12. The molecule has 1 atom stereocenters. The number of carbonyl (C=O) groups excluding carboxylic acids is 1. The molecule has 5 nitrogen and oxygen atoms in total. The highest BCUT2D eigenvalue weighted by Crippen LogP contribution is 2.30. The van der Waals surface area contributed by atoms with Crippen molar-refractivity contribution in [1.82, 2.24) is 19.7 Å². The minimum Gasteiger partial charge on any atom is -0.338 e. The number of halogens is 2. The number of hydrogen-bond acceptors (Lipinski definition) is 3. The highest BCUT2D eigenvalue weighted by atomic mass is 35.5. The number of piperidine rings is 1. The van der Waals surface area contributed by atoms with Gasteiger partial charge in [0.2, 0.25) is 0 Å². The largest absolute Gasteiger partial charge is 0.338 e. The summed E-state index contributed by atoms with van der Waals surface area (Å²) in [4.78, 5) is 14.6. The van der Waals surface area contributed by atoms with Gasteiger partial charge in [-0.1, -0.05) is 24.1 Å². The molecule has 2 aliphatic heterocycles. The van der Waals surface area contributed by atoms with Crippen LogP contribution in [-0.2, 0) is 13.0 Å². The predicted molar refractivity (Wildman–Crippen MR) is 96.9 cm³/mol. The van der Waals surface area contributed by atoms with E-state index in [-0.39, 0.29) is 22.4 Å². The number of nitrogens with zero attached hydrogens (tertiary/aromatic N) is 4. The molecule has 0 spiro atoms. The highest BCUT2D eigenvalue weighted by molar-refractivity contribution is 6.33. The van der Waals surface area contributed by atoms with Crippen molar-refractivity contribution in [3.8, 4) is 0 Å². The zero-order valence-corrected chi connectivity index (χ0v) is 15.4. The Morgan fingerprint density at radius 1 is 1.15 bits per heavy atom. The standard InChI is InChI=1S/C19H22ClFN4O/c20-14-7-4-8-15(21)17(14)19(26)24-10-5-6-13(12-24)18-23-22-16-9-2-1-3-11-25(16)18/h4,7-8,13H,1-3,5-6,9-12H2. The third-order valence-electron chi connectivity index (χ3n) is 5.39. The lowest BCUT2D eigenvalue weighted by atomic mass is 9.96. The fourth-order valence-corrected chi connectivity index (χ4v) is 4.29. The Kier molecular flexibility index (Phi) is 4.94. The third kappa shape index (κ3) is 3.22. The molecule has 3 heterocycles. The molecule has 1 amide bonds. The van der Waals surface area contributed by atoms with Gasteiger partial charge in [-0.3, -0.25) is 4.79 Å². The van der Waals surface area contributed by atoms with Crippen molar-refractivity contribution in [2.45, 2.75) is 51.0 Å². The Balaban J connectivity index is 1.57. The summed E-state index contributed by atoms with van der Waals surface area (Å²) in [5.41, 5.74) is -0.0325. The molecule has 138 valence electrons. The van der Waals surface area contributed by atoms with Gasteiger partial charge in [-0.2, -0.15) is 0 Å². The van der Waals surface area contributed by atoms with Gasteiger partial charge in [0.05, 0.1) is 10.6 Å². The van der Waals surface area contributed by atoms with Gasteiger partial charge in [-0.25, -0.2) is 4.39 Å². The van der Waals surface area contributed by atoms with Crippen LogP contribution < -0.4 is 0 Å². The van der Waals surface area contributed by atoms with Crippen LogP contribution in [0.3, 0.4) is 0 Å². The number of aryl methyl sites for hydroxylation is 1. The summed E-state index contributed by atoms with van der Waals surface area (Å²) in [5.74, 6) is 1.25. The van der Waals surface area contributed by atoms with Gasteiger partial charge in [0.1, 0.15) is 17.5 Å². The normalized spacial score (nSPS) is 20.5. The average molecular weight is 377 g/mol. The van der Waals surface area contributed by atoms with Gasteiger partial charge in [-0.15, -0.1) is 10.2 Å². The number of hydrogen-bond donors (Lipinski definition) is 0. The lowest BCUT2D eigenvalue weighted by Crippen LogP contribution is -2.40. The third-order valence-corrected chi connectivity index (χ3v) is 5.70. The van der Waals surface area contributed by atoms with Crippen LogP contribution in [0.15, 0.2) is 18.2 Å². The molecule has 0 N–H and O–H groups in total. The first kappa shape index (κ1) is 17.5. The molecule has 1 unspecified atom stereocenters. The van der Waals surface area contributed by atoms with E-state index in [0.717, 1.165) is 50.3 Å². The molecule has 1 aromatic carbocycles. The molecule has 2 aliphatic rings. The fourth-order valence-electron chi connectivity index (χ4n) is 4.04. The minimum absolute atomic E-state index is 0.0325. The van der Waals surface area contributed by atoms with Gasteiger partial charge in [0.25, 0.3) is 5.91 Å². The Labute approximate surface area is 157 Å². The summed E-state index contributed by atoms with van der Waals surface area (Å²) in [6.45, 7) is 2.09. The molecule has 0 bridgehead atoms. The number of carbonyl (C=O) groups is 1. The van der Waals surface area contributed by atoms with Crippen molar-refractivity contribution in [2.24, 2.45) is 0 Å². The van der Waals surface area contributed by atoms with E-state index in [1.807, 2.05) is 0 Å². The van der Waals surface area contributed by atoms with Crippen LogP contribution in [0.25, 0.3) is 0 Å². The molecule has 0 aliphatic carbocycles. The van der Waals surface area contributed by atoms with E-state index in [1.165, 1.54) is 18.6 Å². The summed E-state index contributed by atoms with van der Waals surface area (Å²) < 4.78 is 16.4. The van der Waals surface area contributed by atoms with Crippen molar-refractivity contribution < 1.29 is 9.18 Å². The zero-order chi connectivity index (χ0) is 18.1. The van der Waals surface area contributed by atoms with Crippen molar-refractivity contribution >= 4 is 17.5 Å². The molecule has 1 fully saturated rings. The van der Waals surface area contributed by atoms with E-state index < -0.39 is 5.82 Å². The van der Waals surface area contributed by atoms with Gasteiger partial charge in [-0.05, 0) is 37.8 Å². The maximum absolute atomic E-state index is 14.1. The molecule has 2 aromatic rings. The van der Waals surface area contributed by atoms with Crippen molar-refractivity contribution in [3.63, 3.8) is 0 Å². The molecule has 7 heteroatoms. The molecule has 0 saturated carbocycles. The molecule has 4 rings (SSSR count). The summed E-state index contributed by atoms with van der Waals surface area (Å²) in [5, 5.41) is 8.98. The number of fused-ring (bicyclic) bond motifs is 1. The Morgan fingerprint density at radius 2 is 2.04 bits per heavy atom. The highest BCUT2D eigenvalue weighted by Gasteiger charge is 2.31. The van der Waals surface area contributed by atoms with Crippen molar-refractivity contribution in [3.05, 3.63) is 46.3 Å². The van der Waals surface area contributed by atoms with Gasteiger partial charge in [0, 0.05) is 32.0 Å². The van der Waals surface area contributed by atoms with Crippen LogP contribution in [-0.4, -0.2) is 38.7 Å². The second kappa shape index (κ2) is 7.35. The summed E-state index contributed by atoms with van der Waals surface area (Å²) in [6.07, 6.45) is 6.30. The smallest absolute Gasteiger partial charge is 0.258 e. The van der Waals surface area contributed by atoms with E-state index in [2.05, 4.69) is 14.8 Å². The van der Waals surface area contributed by atoms with Crippen molar-refractivity contribution in [2.75, 3.05) is 13.1 Å². The molecule has 1 saturated heterocycles. The molecular formula is C19H22ClFN4O. The molecule has 26 heavy (non-hydrogen) atoms. The zero-order valence-electron chi connectivity index (χ0n) is 14.6. The number of benzene rings is 1.